The predicted molar refractivity (Wildman–Crippen MR) is 150 cm³/mol. The maximum atomic E-state index is 13.9. The van der Waals surface area contributed by atoms with Gasteiger partial charge in [-0.2, -0.15) is 0 Å². The van der Waals surface area contributed by atoms with Crippen LogP contribution in [-0.4, -0.2) is 47.3 Å². The lowest BCUT2D eigenvalue weighted by molar-refractivity contribution is -0.124. The molecule has 1 aliphatic carbocycles. The molecule has 2 atom stereocenters. The number of hydrogen-bond acceptors (Lipinski definition) is 4. The maximum Gasteiger partial charge on any atom is 0.254 e. The number of thiophene rings is 1. The molecule has 0 saturated heterocycles. The van der Waals surface area contributed by atoms with Crippen LogP contribution in [0.4, 0.5) is 0 Å². The third kappa shape index (κ3) is 5.65. The van der Waals surface area contributed by atoms with E-state index in [1.54, 1.807) is 11.3 Å². The van der Waals surface area contributed by atoms with E-state index in [0.717, 1.165) is 62.2 Å². The lowest BCUT2D eigenvalue weighted by Crippen LogP contribution is -2.50. The van der Waals surface area contributed by atoms with Crippen LogP contribution >= 0.6 is 11.3 Å². The van der Waals surface area contributed by atoms with Gasteiger partial charge in [0.25, 0.3) is 5.91 Å². The summed E-state index contributed by atoms with van der Waals surface area (Å²) in [6.45, 7) is 5.62. The number of benzene rings is 2. The topological polar surface area (TPSA) is 52.7 Å². The normalized spacial score (nSPS) is 19.8. The van der Waals surface area contributed by atoms with Crippen molar-refractivity contribution in [1.29, 1.82) is 0 Å². The molecule has 1 fully saturated rings. The zero-order valence-corrected chi connectivity index (χ0v) is 22.5. The third-order valence-electron chi connectivity index (χ3n) is 7.86. The summed E-state index contributed by atoms with van der Waals surface area (Å²) in [7, 11) is 0. The standard InChI is InChI=1S/C31H37N3O2S/c1-2-33(22-23-12-4-3-5-13-23)20-11-19-32-30(35)28-25-16-8-9-17-26(25)31(36)34(24-14-6-7-15-24)29(28)27-18-10-21-37-27/h3-5,8-10,12-13,16-18,21,24,28-29H,2,6-7,11,14-15,19-20,22H2,1H3,(H,32,35)/t28-,29+/m0/s1. The van der Waals surface area contributed by atoms with Crippen molar-refractivity contribution >= 4 is 23.2 Å². The number of nitrogens with zero attached hydrogens (tertiary/aromatic N) is 2. The van der Waals surface area contributed by atoms with Crippen LogP contribution in [0.1, 0.15) is 77.3 Å². The SMILES string of the molecule is CCN(CCCNC(=O)[C@H]1c2ccccc2C(=O)N(C2CCCC2)[C@@H]1c1cccs1)Cc1ccccc1. The van der Waals surface area contributed by atoms with Crippen LogP contribution in [0.2, 0.25) is 0 Å². The average molecular weight is 516 g/mol. The fourth-order valence-electron chi connectivity index (χ4n) is 5.99. The summed E-state index contributed by atoms with van der Waals surface area (Å²) in [4.78, 5) is 33.2. The lowest BCUT2D eigenvalue weighted by Gasteiger charge is -2.44. The molecule has 37 heavy (non-hydrogen) atoms. The molecule has 2 aromatic carbocycles. The summed E-state index contributed by atoms with van der Waals surface area (Å²) in [5.41, 5.74) is 2.85. The van der Waals surface area contributed by atoms with Gasteiger partial charge in [-0.25, -0.2) is 0 Å². The monoisotopic (exact) mass is 515 g/mol. The van der Waals surface area contributed by atoms with Crippen molar-refractivity contribution in [3.05, 3.63) is 93.7 Å². The molecule has 3 aromatic rings. The highest BCUT2D eigenvalue weighted by atomic mass is 32.1. The lowest BCUT2D eigenvalue weighted by atomic mass is 9.80. The van der Waals surface area contributed by atoms with Crippen molar-refractivity contribution in [2.75, 3.05) is 19.6 Å². The fraction of sp³-hybridized carbons (Fsp3) is 0.419. The van der Waals surface area contributed by atoms with Crippen molar-refractivity contribution in [3.8, 4) is 0 Å². The molecule has 5 nitrogen and oxygen atoms in total. The summed E-state index contributed by atoms with van der Waals surface area (Å²) in [5.74, 6) is -0.309. The van der Waals surface area contributed by atoms with Crippen LogP contribution in [0, 0.1) is 0 Å². The van der Waals surface area contributed by atoms with Crippen molar-refractivity contribution in [2.45, 2.75) is 63.6 Å². The largest absolute Gasteiger partial charge is 0.355 e. The van der Waals surface area contributed by atoms with Gasteiger partial charge in [0.1, 0.15) is 0 Å². The van der Waals surface area contributed by atoms with Gasteiger partial charge in [0.05, 0.1) is 12.0 Å². The number of amides is 2. The Kier molecular flexibility index (Phi) is 8.37. The van der Waals surface area contributed by atoms with Gasteiger partial charge in [0.15, 0.2) is 0 Å². The Morgan fingerprint density at radius 1 is 1.03 bits per heavy atom. The predicted octanol–water partition coefficient (Wildman–Crippen LogP) is 6.00. The van der Waals surface area contributed by atoms with Gasteiger partial charge in [-0.3, -0.25) is 14.5 Å². The zero-order chi connectivity index (χ0) is 25.6. The number of carbonyl (C=O) groups excluding carboxylic acids is 2. The minimum absolute atomic E-state index is 0.0208. The van der Waals surface area contributed by atoms with Crippen LogP contribution in [0.3, 0.4) is 0 Å². The number of rotatable bonds is 10. The van der Waals surface area contributed by atoms with E-state index in [4.69, 9.17) is 0 Å². The van der Waals surface area contributed by atoms with E-state index >= 15 is 0 Å². The molecule has 2 amide bonds. The van der Waals surface area contributed by atoms with E-state index in [2.05, 4.69) is 52.4 Å². The molecular formula is C31H37N3O2S. The number of nitrogens with one attached hydrogen (secondary N) is 1. The highest BCUT2D eigenvalue weighted by Gasteiger charge is 2.47. The molecule has 1 saturated carbocycles. The molecule has 194 valence electrons. The van der Waals surface area contributed by atoms with E-state index in [1.807, 2.05) is 41.8 Å². The van der Waals surface area contributed by atoms with E-state index < -0.39 is 5.92 Å². The van der Waals surface area contributed by atoms with Crippen LogP contribution in [0.5, 0.6) is 0 Å². The molecular weight excluding hydrogens is 478 g/mol. The minimum atomic E-state index is -0.403. The Morgan fingerprint density at radius 2 is 1.78 bits per heavy atom. The van der Waals surface area contributed by atoms with Crippen LogP contribution in [0.25, 0.3) is 0 Å². The van der Waals surface area contributed by atoms with E-state index in [0.29, 0.717) is 12.1 Å². The Hall–Kier alpha value is -2.96. The average Bonchev–Trinajstić information content (AvgIpc) is 3.66. The van der Waals surface area contributed by atoms with Crippen LogP contribution < -0.4 is 5.32 Å². The minimum Gasteiger partial charge on any atom is -0.355 e. The van der Waals surface area contributed by atoms with Crippen molar-refractivity contribution < 1.29 is 9.59 Å². The highest BCUT2D eigenvalue weighted by molar-refractivity contribution is 7.10. The quantitative estimate of drug-likeness (QED) is 0.337. The Bertz CT molecular complexity index is 1170. The van der Waals surface area contributed by atoms with Gasteiger partial charge < -0.3 is 10.2 Å². The number of fused-ring (bicyclic) bond motifs is 1. The second kappa shape index (κ2) is 12.1. The second-order valence-electron chi connectivity index (χ2n) is 10.2. The molecule has 0 spiro atoms. The smallest absolute Gasteiger partial charge is 0.254 e. The molecule has 1 aromatic heterocycles. The maximum absolute atomic E-state index is 13.9. The zero-order valence-electron chi connectivity index (χ0n) is 21.6. The Balaban J connectivity index is 1.32. The number of carbonyl (C=O) groups is 2. The molecule has 2 heterocycles. The first-order valence-electron chi connectivity index (χ1n) is 13.7. The molecule has 2 aliphatic rings. The second-order valence-corrected chi connectivity index (χ2v) is 11.2. The Labute approximate surface area is 224 Å². The summed E-state index contributed by atoms with van der Waals surface area (Å²) >= 11 is 1.65. The summed E-state index contributed by atoms with van der Waals surface area (Å²) < 4.78 is 0. The van der Waals surface area contributed by atoms with E-state index in [-0.39, 0.29) is 23.9 Å². The van der Waals surface area contributed by atoms with Crippen molar-refractivity contribution in [2.24, 2.45) is 0 Å². The molecule has 5 rings (SSSR count). The van der Waals surface area contributed by atoms with Gasteiger partial charge in [-0.05, 0) is 54.4 Å². The molecule has 0 bridgehead atoms. The van der Waals surface area contributed by atoms with Gasteiger partial charge >= 0.3 is 0 Å². The third-order valence-corrected chi connectivity index (χ3v) is 8.80. The molecule has 1 N–H and O–H groups in total. The van der Waals surface area contributed by atoms with Crippen molar-refractivity contribution in [1.82, 2.24) is 15.1 Å². The Morgan fingerprint density at radius 3 is 2.51 bits per heavy atom. The van der Waals surface area contributed by atoms with Gasteiger partial charge in [0, 0.05) is 36.1 Å². The molecule has 0 radical (unpaired) electrons. The van der Waals surface area contributed by atoms with Crippen molar-refractivity contribution in [3.63, 3.8) is 0 Å². The first kappa shape index (κ1) is 25.7. The first-order chi connectivity index (χ1) is 18.2. The molecule has 0 unspecified atom stereocenters. The van der Waals surface area contributed by atoms with Gasteiger partial charge in [-0.15, -0.1) is 11.3 Å². The van der Waals surface area contributed by atoms with E-state index in [9.17, 15) is 9.59 Å². The van der Waals surface area contributed by atoms with Crippen LogP contribution in [0.15, 0.2) is 72.1 Å². The van der Waals surface area contributed by atoms with Crippen LogP contribution in [-0.2, 0) is 11.3 Å². The fourth-order valence-corrected chi connectivity index (χ4v) is 6.86. The highest BCUT2D eigenvalue weighted by Crippen LogP contribution is 2.47. The summed E-state index contributed by atoms with van der Waals surface area (Å²) in [6, 6.07) is 22.3. The van der Waals surface area contributed by atoms with Gasteiger partial charge in [0.2, 0.25) is 5.91 Å². The molecule has 6 heteroatoms. The summed E-state index contributed by atoms with van der Waals surface area (Å²) in [5, 5.41) is 5.31. The van der Waals surface area contributed by atoms with E-state index in [1.165, 1.54) is 5.56 Å². The molecule has 1 aliphatic heterocycles. The summed E-state index contributed by atoms with van der Waals surface area (Å²) in [6.07, 6.45) is 5.19. The number of hydrogen-bond donors (Lipinski definition) is 1. The van der Waals surface area contributed by atoms with Gasteiger partial charge in [-0.1, -0.05) is 74.4 Å². The first-order valence-corrected chi connectivity index (χ1v) is 14.5.